The Morgan fingerprint density at radius 3 is 2.68 bits per heavy atom. The lowest BCUT2D eigenvalue weighted by molar-refractivity contribution is 0.372. The Hall–Kier alpha value is -1.81. The normalized spacial score (nSPS) is 18.4. The van der Waals surface area contributed by atoms with Crippen LogP contribution in [0.1, 0.15) is 63.1 Å². The molecule has 1 unspecified atom stereocenters. The molecule has 1 aliphatic heterocycles. The van der Waals surface area contributed by atoms with Gasteiger partial charge in [-0.25, -0.2) is 0 Å². The summed E-state index contributed by atoms with van der Waals surface area (Å²) >= 11 is 3.51. The van der Waals surface area contributed by atoms with Gasteiger partial charge in [0.2, 0.25) is 0 Å². The summed E-state index contributed by atoms with van der Waals surface area (Å²) in [6.07, 6.45) is 4.21. The van der Waals surface area contributed by atoms with Gasteiger partial charge < -0.3 is 9.64 Å². The van der Waals surface area contributed by atoms with E-state index in [2.05, 4.69) is 73.6 Å². The first-order valence-corrected chi connectivity index (χ1v) is 10.9. The van der Waals surface area contributed by atoms with Gasteiger partial charge in [-0.3, -0.25) is 4.99 Å². The Balaban J connectivity index is 2.05. The standard InChI is InChI=1S/C24H31BrN2O/c1-7-10-27-22-13-23(28-6)18(12-20(22)17(3)14-24(27,4)5)15-26-21-9-8-19(25)11-16(21)2/h8-9,11-13,15,17H,7,10,14H2,1-6H3. The first-order chi connectivity index (χ1) is 13.3. The number of aryl methyl sites for hydroxylation is 1. The molecule has 0 fully saturated rings. The van der Waals surface area contributed by atoms with Crippen LogP contribution in [-0.2, 0) is 0 Å². The second-order valence-electron chi connectivity index (χ2n) is 8.41. The van der Waals surface area contributed by atoms with Gasteiger partial charge in [-0.15, -0.1) is 0 Å². The van der Waals surface area contributed by atoms with Crippen LogP contribution in [-0.4, -0.2) is 25.4 Å². The van der Waals surface area contributed by atoms with Crippen LogP contribution in [0.15, 0.2) is 39.8 Å². The average molecular weight is 443 g/mol. The quantitative estimate of drug-likeness (QED) is 0.464. The van der Waals surface area contributed by atoms with E-state index < -0.39 is 0 Å². The molecule has 1 atom stereocenters. The van der Waals surface area contributed by atoms with Gasteiger partial charge >= 0.3 is 0 Å². The van der Waals surface area contributed by atoms with Crippen LogP contribution in [0.25, 0.3) is 0 Å². The fourth-order valence-corrected chi connectivity index (χ4v) is 4.83. The molecule has 2 aromatic rings. The van der Waals surface area contributed by atoms with Crippen LogP contribution < -0.4 is 9.64 Å². The van der Waals surface area contributed by atoms with E-state index in [0.29, 0.717) is 5.92 Å². The fourth-order valence-electron chi connectivity index (χ4n) is 4.35. The van der Waals surface area contributed by atoms with Crippen molar-refractivity contribution >= 4 is 33.5 Å². The molecule has 0 saturated heterocycles. The lowest BCUT2D eigenvalue weighted by Crippen LogP contribution is -2.48. The monoisotopic (exact) mass is 442 g/mol. The van der Waals surface area contributed by atoms with Gasteiger partial charge in [0.1, 0.15) is 5.75 Å². The molecule has 3 rings (SSSR count). The van der Waals surface area contributed by atoms with Gasteiger partial charge in [-0.05, 0) is 74.9 Å². The summed E-state index contributed by atoms with van der Waals surface area (Å²) in [6.45, 7) is 12.4. The van der Waals surface area contributed by atoms with Crippen LogP contribution in [0.4, 0.5) is 11.4 Å². The van der Waals surface area contributed by atoms with E-state index in [1.165, 1.54) is 11.3 Å². The number of hydrogen-bond donors (Lipinski definition) is 0. The van der Waals surface area contributed by atoms with Crippen molar-refractivity contribution in [3.8, 4) is 5.75 Å². The Morgan fingerprint density at radius 2 is 2.04 bits per heavy atom. The number of nitrogens with zero attached hydrogens (tertiary/aromatic N) is 2. The molecular weight excluding hydrogens is 412 g/mol. The third-order valence-corrected chi connectivity index (χ3v) is 6.18. The van der Waals surface area contributed by atoms with Crippen molar-refractivity contribution in [2.75, 3.05) is 18.6 Å². The molecule has 0 aliphatic carbocycles. The number of rotatable bonds is 5. The first-order valence-electron chi connectivity index (χ1n) is 10.1. The van der Waals surface area contributed by atoms with Crippen LogP contribution in [0, 0.1) is 6.92 Å². The first kappa shape index (κ1) is 20.9. The highest BCUT2D eigenvalue weighted by Crippen LogP contribution is 2.45. The summed E-state index contributed by atoms with van der Waals surface area (Å²) in [6, 6.07) is 10.6. The zero-order valence-corrected chi connectivity index (χ0v) is 19.4. The van der Waals surface area contributed by atoms with E-state index in [1.807, 2.05) is 18.3 Å². The summed E-state index contributed by atoms with van der Waals surface area (Å²) in [4.78, 5) is 7.29. The number of benzene rings is 2. The predicted molar refractivity (Wildman–Crippen MR) is 124 cm³/mol. The molecule has 0 amide bonds. The van der Waals surface area contributed by atoms with Crippen LogP contribution in [0.5, 0.6) is 5.75 Å². The molecule has 28 heavy (non-hydrogen) atoms. The molecule has 1 aliphatic rings. The van der Waals surface area contributed by atoms with Gasteiger partial charge in [-0.2, -0.15) is 0 Å². The SMILES string of the molecule is CCCN1c2cc(OC)c(C=Nc3ccc(Br)cc3C)cc2C(C)CC1(C)C. The van der Waals surface area contributed by atoms with Gasteiger partial charge in [0, 0.05) is 40.1 Å². The molecular formula is C24H31BrN2O. The second kappa shape index (κ2) is 8.28. The minimum absolute atomic E-state index is 0.150. The Bertz CT molecular complexity index is 888. The number of ether oxygens (including phenoxy) is 1. The average Bonchev–Trinajstić information content (AvgIpc) is 2.63. The minimum atomic E-state index is 0.150. The maximum atomic E-state index is 5.75. The van der Waals surface area contributed by atoms with Crippen molar-refractivity contribution in [3.05, 3.63) is 51.5 Å². The zero-order valence-electron chi connectivity index (χ0n) is 17.8. The highest BCUT2D eigenvalue weighted by molar-refractivity contribution is 9.10. The van der Waals surface area contributed by atoms with Gasteiger partial charge in [0.05, 0.1) is 12.8 Å². The number of hydrogen-bond acceptors (Lipinski definition) is 3. The molecule has 1 heterocycles. The van der Waals surface area contributed by atoms with E-state index in [9.17, 15) is 0 Å². The molecule has 0 radical (unpaired) electrons. The van der Waals surface area contributed by atoms with Gasteiger partial charge in [0.15, 0.2) is 0 Å². The molecule has 0 N–H and O–H groups in total. The topological polar surface area (TPSA) is 24.8 Å². The summed E-state index contributed by atoms with van der Waals surface area (Å²) in [5.74, 6) is 1.38. The van der Waals surface area contributed by atoms with Gasteiger partial charge in [0.25, 0.3) is 0 Å². The van der Waals surface area contributed by atoms with E-state index in [1.54, 1.807) is 7.11 Å². The summed E-state index contributed by atoms with van der Waals surface area (Å²) in [5, 5.41) is 0. The Morgan fingerprint density at radius 1 is 1.29 bits per heavy atom. The molecule has 4 heteroatoms. The van der Waals surface area contributed by atoms with Crippen molar-refractivity contribution in [2.24, 2.45) is 4.99 Å². The zero-order chi connectivity index (χ0) is 20.5. The Labute approximate surface area is 177 Å². The fraction of sp³-hybridized carbons (Fsp3) is 0.458. The summed E-state index contributed by atoms with van der Waals surface area (Å²) in [5.41, 5.74) is 6.00. The number of anilines is 1. The summed E-state index contributed by atoms with van der Waals surface area (Å²) in [7, 11) is 1.74. The predicted octanol–water partition coefficient (Wildman–Crippen LogP) is 7.02. The molecule has 2 aromatic carbocycles. The second-order valence-corrected chi connectivity index (χ2v) is 9.33. The molecule has 0 aromatic heterocycles. The molecule has 150 valence electrons. The van der Waals surface area contributed by atoms with Crippen molar-refractivity contribution in [1.82, 2.24) is 0 Å². The third-order valence-electron chi connectivity index (χ3n) is 5.69. The number of fused-ring (bicyclic) bond motifs is 1. The lowest BCUT2D eigenvalue weighted by atomic mass is 9.79. The van der Waals surface area contributed by atoms with Crippen LogP contribution in [0.2, 0.25) is 0 Å². The van der Waals surface area contributed by atoms with Crippen LogP contribution in [0.3, 0.4) is 0 Å². The molecule has 0 spiro atoms. The summed E-state index contributed by atoms with van der Waals surface area (Å²) < 4.78 is 6.83. The van der Waals surface area contributed by atoms with Crippen molar-refractivity contribution in [3.63, 3.8) is 0 Å². The third kappa shape index (κ3) is 4.12. The van der Waals surface area contributed by atoms with E-state index in [0.717, 1.165) is 46.4 Å². The number of aliphatic imine (C=N–C) groups is 1. The van der Waals surface area contributed by atoms with E-state index in [-0.39, 0.29) is 5.54 Å². The van der Waals surface area contributed by atoms with Crippen LogP contribution >= 0.6 is 15.9 Å². The molecule has 0 saturated carbocycles. The highest BCUT2D eigenvalue weighted by Gasteiger charge is 2.36. The van der Waals surface area contributed by atoms with Gasteiger partial charge in [-0.1, -0.05) is 29.8 Å². The van der Waals surface area contributed by atoms with Crippen molar-refractivity contribution < 1.29 is 4.74 Å². The highest BCUT2D eigenvalue weighted by atomic mass is 79.9. The van der Waals surface area contributed by atoms with E-state index in [4.69, 9.17) is 9.73 Å². The largest absolute Gasteiger partial charge is 0.496 e. The lowest BCUT2D eigenvalue weighted by Gasteiger charge is -2.47. The Kier molecular flexibility index (Phi) is 6.18. The molecule has 0 bridgehead atoms. The smallest absolute Gasteiger partial charge is 0.129 e. The minimum Gasteiger partial charge on any atom is -0.496 e. The van der Waals surface area contributed by atoms with Crippen molar-refractivity contribution in [1.29, 1.82) is 0 Å². The van der Waals surface area contributed by atoms with E-state index >= 15 is 0 Å². The maximum absolute atomic E-state index is 5.75. The maximum Gasteiger partial charge on any atom is 0.129 e. The number of methoxy groups -OCH3 is 1. The van der Waals surface area contributed by atoms with Crippen molar-refractivity contribution in [2.45, 2.75) is 58.9 Å². The number of halogens is 1. The molecule has 3 nitrogen and oxygen atoms in total.